The number of hydrogen-bond donors (Lipinski definition) is 0. The van der Waals surface area contributed by atoms with Gasteiger partial charge in [-0.05, 0) is 31.7 Å². The van der Waals surface area contributed by atoms with Gasteiger partial charge in [0.15, 0.2) is 11.6 Å². The van der Waals surface area contributed by atoms with Crippen LogP contribution in [0.3, 0.4) is 0 Å². The van der Waals surface area contributed by atoms with Crippen molar-refractivity contribution in [1.29, 1.82) is 0 Å². The van der Waals surface area contributed by atoms with Crippen molar-refractivity contribution in [2.24, 2.45) is 5.92 Å². The Bertz CT molecular complexity index is 564. The Hall–Kier alpha value is -1.36. The molecule has 2 aliphatic rings. The molecule has 1 saturated carbocycles. The molecule has 2 heterocycles. The van der Waals surface area contributed by atoms with E-state index in [0.29, 0.717) is 17.4 Å². The second-order valence-electron chi connectivity index (χ2n) is 6.28. The summed E-state index contributed by atoms with van der Waals surface area (Å²) in [5, 5.41) is 0.298. The molecule has 1 aromatic rings. The molecule has 0 spiro atoms. The monoisotopic (exact) mass is 325 g/mol. The number of aromatic nitrogens is 1. The average Bonchev–Trinajstić information content (AvgIpc) is 2.44. The highest BCUT2D eigenvalue weighted by Gasteiger charge is 2.33. The molecule has 0 radical (unpaired) electrons. The zero-order valence-corrected chi connectivity index (χ0v) is 13.5. The van der Waals surface area contributed by atoms with Crippen LogP contribution >= 0.6 is 11.6 Å². The molecule has 0 N–H and O–H groups in total. The smallest absolute Gasteiger partial charge is 0.225 e. The molecule has 1 atom stereocenters. The van der Waals surface area contributed by atoms with Gasteiger partial charge in [0.05, 0.1) is 5.02 Å². The van der Waals surface area contributed by atoms with Gasteiger partial charge in [-0.3, -0.25) is 4.79 Å². The molecule has 3 rings (SSSR count). The van der Waals surface area contributed by atoms with Gasteiger partial charge in [0.1, 0.15) is 0 Å². The minimum atomic E-state index is -0.402. The average molecular weight is 326 g/mol. The van der Waals surface area contributed by atoms with Crippen LogP contribution in [0.15, 0.2) is 12.3 Å². The summed E-state index contributed by atoms with van der Waals surface area (Å²) in [4.78, 5) is 20.3. The fraction of sp³-hybridized carbons (Fsp3) is 0.625. The van der Waals surface area contributed by atoms with Crippen molar-refractivity contribution in [3.05, 3.63) is 23.1 Å². The van der Waals surface area contributed by atoms with Crippen molar-refractivity contribution in [1.82, 2.24) is 9.88 Å². The van der Waals surface area contributed by atoms with Gasteiger partial charge in [-0.1, -0.05) is 18.0 Å². The van der Waals surface area contributed by atoms with Crippen LogP contribution in [0.5, 0.6) is 0 Å². The van der Waals surface area contributed by atoms with E-state index >= 15 is 0 Å². The second-order valence-corrected chi connectivity index (χ2v) is 6.71. The van der Waals surface area contributed by atoms with Crippen molar-refractivity contribution < 1.29 is 9.18 Å². The van der Waals surface area contributed by atoms with Crippen molar-refractivity contribution >= 4 is 23.3 Å². The number of piperidine rings is 1. The first kappa shape index (κ1) is 15.5. The molecule has 6 heteroatoms. The molecular formula is C16H21ClFN3O. The highest BCUT2D eigenvalue weighted by atomic mass is 35.5. The summed E-state index contributed by atoms with van der Waals surface area (Å²) >= 11 is 5.76. The van der Waals surface area contributed by atoms with Crippen LogP contribution in [0.25, 0.3) is 0 Å². The van der Waals surface area contributed by atoms with Gasteiger partial charge in [-0.2, -0.15) is 0 Å². The highest BCUT2D eigenvalue weighted by molar-refractivity contribution is 6.30. The predicted octanol–water partition coefficient (Wildman–Crippen LogP) is 3.10. The number of amides is 1. The zero-order valence-electron chi connectivity index (χ0n) is 12.8. The fourth-order valence-corrected chi connectivity index (χ4v) is 3.37. The van der Waals surface area contributed by atoms with Gasteiger partial charge >= 0.3 is 0 Å². The van der Waals surface area contributed by atoms with Crippen molar-refractivity contribution in [2.75, 3.05) is 25.0 Å². The molecule has 1 aromatic heterocycles. The van der Waals surface area contributed by atoms with Gasteiger partial charge in [0.2, 0.25) is 5.91 Å². The Morgan fingerprint density at radius 3 is 2.82 bits per heavy atom. The maximum Gasteiger partial charge on any atom is 0.225 e. The maximum absolute atomic E-state index is 14.0. The van der Waals surface area contributed by atoms with Crippen LogP contribution in [0.1, 0.15) is 32.1 Å². The van der Waals surface area contributed by atoms with Crippen molar-refractivity contribution in [2.45, 2.75) is 38.1 Å². The van der Waals surface area contributed by atoms with Gasteiger partial charge < -0.3 is 9.80 Å². The molecule has 1 unspecified atom stereocenters. The molecule has 22 heavy (non-hydrogen) atoms. The van der Waals surface area contributed by atoms with Crippen LogP contribution in [0.2, 0.25) is 5.02 Å². The molecular weight excluding hydrogens is 305 g/mol. The number of hydrogen-bond acceptors (Lipinski definition) is 3. The Morgan fingerprint density at radius 1 is 1.41 bits per heavy atom. The van der Waals surface area contributed by atoms with Gasteiger partial charge in [0.25, 0.3) is 0 Å². The number of carbonyl (C=O) groups excluding carboxylic acids is 1. The number of pyridine rings is 1. The molecule has 1 aliphatic heterocycles. The summed E-state index contributed by atoms with van der Waals surface area (Å²) in [6.07, 6.45) is 6.52. The number of carbonyl (C=O) groups is 1. The number of likely N-dealkylation sites (N-methyl/N-ethyl adjacent to an activating group) is 1. The third kappa shape index (κ3) is 3.05. The van der Waals surface area contributed by atoms with E-state index in [-0.39, 0.29) is 17.9 Å². The molecule has 0 bridgehead atoms. The summed E-state index contributed by atoms with van der Waals surface area (Å²) in [5.41, 5.74) is 0. The Balaban J connectivity index is 1.69. The number of anilines is 1. The van der Waals surface area contributed by atoms with E-state index in [1.165, 1.54) is 12.3 Å². The molecule has 1 saturated heterocycles. The number of rotatable bonds is 3. The van der Waals surface area contributed by atoms with Gasteiger partial charge in [-0.25, -0.2) is 9.37 Å². The summed E-state index contributed by atoms with van der Waals surface area (Å²) < 4.78 is 14.0. The molecule has 4 nitrogen and oxygen atoms in total. The molecule has 1 aliphatic carbocycles. The summed E-state index contributed by atoms with van der Waals surface area (Å²) in [5.74, 6) is 0.369. The van der Waals surface area contributed by atoms with E-state index in [2.05, 4.69) is 4.98 Å². The van der Waals surface area contributed by atoms with Crippen molar-refractivity contribution in [3.8, 4) is 0 Å². The van der Waals surface area contributed by atoms with E-state index < -0.39 is 5.82 Å². The predicted molar refractivity (Wildman–Crippen MR) is 84.6 cm³/mol. The van der Waals surface area contributed by atoms with E-state index in [4.69, 9.17) is 11.6 Å². The summed E-state index contributed by atoms with van der Waals surface area (Å²) in [6, 6.07) is 1.41. The van der Waals surface area contributed by atoms with E-state index in [1.807, 2.05) is 16.8 Å². The molecule has 2 fully saturated rings. The first-order valence-corrected chi connectivity index (χ1v) is 8.26. The number of nitrogens with zero attached hydrogens (tertiary/aromatic N) is 3. The second kappa shape index (κ2) is 6.41. The van der Waals surface area contributed by atoms with Gasteiger partial charge in [0, 0.05) is 38.3 Å². The first-order chi connectivity index (χ1) is 10.6. The lowest BCUT2D eigenvalue weighted by atomic mass is 9.84. The van der Waals surface area contributed by atoms with Crippen LogP contribution in [-0.4, -0.2) is 42.0 Å². The van der Waals surface area contributed by atoms with Gasteiger partial charge in [-0.15, -0.1) is 0 Å². The lowest BCUT2D eigenvalue weighted by molar-refractivity contribution is -0.139. The van der Waals surface area contributed by atoms with Crippen LogP contribution in [0.4, 0.5) is 10.2 Å². The highest BCUT2D eigenvalue weighted by Crippen LogP contribution is 2.30. The van der Waals surface area contributed by atoms with Crippen LogP contribution in [0, 0.1) is 11.7 Å². The summed E-state index contributed by atoms with van der Waals surface area (Å²) in [7, 11) is 1.88. The van der Waals surface area contributed by atoms with E-state index in [0.717, 1.165) is 38.6 Å². The van der Waals surface area contributed by atoms with Crippen LogP contribution < -0.4 is 4.90 Å². The van der Waals surface area contributed by atoms with Crippen molar-refractivity contribution in [3.63, 3.8) is 0 Å². The molecule has 1 amide bonds. The number of halogens is 2. The minimum Gasteiger partial charge on any atom is -0.352 e. The normalized spacial score (nSPS) is 22.3. The lowest BCUT2D eigenvalue weighted by Crippen LogP contribution is -2.51. The van der Waals surface area contributed by atoms with E-state index in [1.54, 1.807) is 0 Å². The third-order valence-electron chi connectivity index (χ3n) is 4.83. The Kier molecular flexibility index (Phi) is 4.52. The standard InChI is InChI=1S/C16H21ClFN3O/c1-20(16(22)11-4-2-5-11)13-6-3-7-21(10-13)15-14(18)8-12(17)9-19-15/h8-9,11,13H,2-7,10H2,1H3. The lowest BCUT2D eigenvalue weighted by Gasteiger charge is -2.40. The zero-order chi connectivity index (χ0) is 15.7. The minimum absolute atomic E-state index is 0.124. The quantitative estimate of drug-likeness (QED) is 0.857. The van der Waals surface area contributed by atoms with Crippen LogP contribution in [-0.2, 0) is 4.79 Å². The molecule has 0 aromatic carbocycles. The Labute approximate surface area is 135 Å². The Morgan fingerprint density at radius 2 is 2.18 bits per heavy atom. The SMILES string of the molecule is CN(C(=O)C1CCC1)C1CCCN(c2ncc(Cl)cc2F)C1. The summed E-state index contributed by atoms with van der Waals surface area (Å²) in [6.45, 7) is 1.38. The maximum atomic E-state index is 14.0. The fourth-order valence-electron chi connectivity index (χ4n) is 3.23. The van der Waals surface area contributed by atoms with E-state index in [9.17, 15) is 9.18 Å². The molecule has 120 valence electrons. The topological polar surface area (TPSA) is 36.4 Å². The third-order valence-corrected chi connectivity index (χ3v) is 5.04. The largest absolute Gasteiger partial charge is 0.352 e. The first-order valence-electron chi connectivity index (χ1n) is 7.89.